The molecule has 5 aromatic rings. The quantitative estimate of drug-likeness (QED) is 0.0247. The minimum atomic E-state index is -1.19. The summed E-state index contributed by atoms with van der Waals surface area (Å²) < 4.78 is 21.8. The molecule has 9 amide bonds. The van der Waals surface area contributed by atoms with Gasteiger partial charge in [-0.2, -0.15) is 0 Å². The summed E-state index contributed by atoms with van der Waals surface area (Å²) in [6.45, 7) is 1.35. The number of nitrogens with one attached hydrogen (secondary N) is 8. The summed E-state index contributed by atoms with van der Waals surface area (Å²) in [6.07, 6.45) is 4.80. The molecule has 478 valence electrons. The van der Waals surface area contributed by atoms with Crippen molar-refractivity contribution in [1.82, 2.24) is 21.3 Å². The molecule has 0 aromatic heterocycles. The Balaban J connectivity index is 1.33. The number of hydrogen-bond donors (Lipinski definition) is 13. The lowest BCUT2D eigenvalue weighted by atomic mass is 10.1. The summed E-state index contributed by atoms with van der Waals surface area (Å²) >= 11 is 0. The van der Waals surface area contributed by atoms with E-state index in [2.05, 4.69) is 42.5 Å². The number of anilines is 4. The highest BCUT2D eigenvalue weighted by molar-refractivity contribution is 6.08. The van der Waals surface area contributed by atoms with Crippen molar-refractivity contribution in [3.05, 3.63) is 131 Å². The first kappa shape index (κ1) is 70.1. The van der Waals surface area contributed by atoms with Gasteiger partial charge >= 0.3 is 0 Å². The van der Waals surface area contributed by atoms with Crippen molar-refractivity contribution < 1.29 is 62.1 Å². The SMILES string of the molecule is COc1ccc(NC(=O)[C@H](CCCCN)NC(=O)c2cc(NC(=O)[C@H](CCCCN)NC(=O)c3cc(NC(=O)[C@H](CCCCN)NC(=O)c4cc(NC(=O)[C@H](CCCCN)NC(=O)c5ccccc5)ccc4OC)ccc3OC)ccc2OC)cc1C(N)=O. The number of amides is 9. The molecule has 0 unspecified atom stereocenters. The van der Waals surface area contributed by atoms with E-state index in [1.54, 1.807) is 30.3 Å². The van der Waals surface area contributed by atoms with Crippen molar-refractivity contribution in [2.75, 3.05) is 75.9 Å². The van der Waals surface area contributed by atoms with Gasteiger partial charge in [0.1, 0.15) is 47.2 Å². The van der Waals surface area contributed by atoms with Gasteiger partial charge in [-0.05, 0) is 188 Å². The first-order valence-corrected chi connectivity index (χ1v) is 29.3. The Morgan fingerprint density at radius 2 is 0.607 bits per heavy atom. The summed E-state index contributed by atoms with van der Waals surface area (Å²) in [7, 11) is 5.42. The molecule has 5 aromatic carbocycles. The van der Waals surface area contributed by atoms with E-state index in [0.717, 1.165) is 0 Å². The first-order chi connectivity index (χ1) is 42.9. The van der Waals surface area contributed by atoms with E-state index in [0.29, 0.717) is 83.1 Å². The van der Waals surface area contributed by atoms with E-state index in [4.69, 9.17) is 47.6 Å². The second kappa shape index (κ2) is 36.5. The summed E-state index contributed by atoms with van der Waals surface area (Å²) in [5.41, 5.74) is 29.6. The lowest BCUT2D eigenvalue weighted by molar-refractivity contribution is -0.118. The van der Waals surface area contributed by atoms with Gasteiger partial charge < -0.3 is 90.2 Å². The van der Waals surface area contributed by atoms with Crippen LogP contribution in [-0.2, 0) is 19.2 Å². The Bertz CT molecular complexity index is 3240. The average molecular weight is 1230 g/mol. The van der Waals surface area contributed by atoms with Crippen LogP contribution in [0.3, 0.4) is 0 Å². The Hall–Kier alpha value is -9.63. The highest BCUT2D eigenvalue weighted by Crippen LogP contribution is 2.28. The Kier molecular flexibility index (Phi) is 28.8. The number of carbonyl (C=O) groups is 9. The summed E-state index contributed by atoms with van der Waals surface area (Å²) in [4.78, 5) is 124. The van der Waals surface area contributed by atoms with E-state index in [9.17, 15) is 43.2 Å². The second-order valence-electron chi connectivity index (χ2n) is 20.6. The smallest absolute Gasteiger partial charge is 0.255 e. The number of rotatable bonds is 37. The maximum atomic E-state index is 14.3. The van der Waals surface area contributed by atoms with E-state index < -0.39 is 77.3 Å². The minimum absolute atomic E-state index is 0.0173. The third kappa shape index (κ3) is 21.3. The molecule has 0 radical (unpaired) electrons. The number of nitrogens with two attached hydrogens (primary N) is 5. The molecule has 0 aliphatic rings. The Morgan fingerprint density at radius 3 is 0.865 bits per heavy atom. The lowest BCUT2D eigenvalue weighted by Crippen LogP contribution is -2.44. The van der Waals surface area contributed by atoms with Crippen LogP contribution >= 0.6 is 0 Å². The van der Waals surface area contributed by atoms with Crippen LogP contribution in [0.15, 0.2) is 103 Å². The number of ether oxygens (including phenoxy) is 4. The number of benzene rings is 5. The normalized spacial score (nSPS) is 12.1. The largest absolute Gasteiger partial charge is 0.496 e. The van der Waals surface area contributed by atoms with E-state index in [1.165, 1.54) is 101 Å². The molecule has 0 bridgehead atoms. The number of unbranched alkanes of at least 4 members (excludes halogenated alkanes) is 4. The van der Waals surface area contributed by atoms with Crippen molar-refractivity contribution in [2.24, 2.45) is 28.7 Å². The third-order valence-electron chi connectivity index (χ3n) is 14.2. The molecule has 0 saturated carbocycles. The molecule has 4 atom stereocenters. The predicted molar refractivity (Wildman–Crippen MR) is 338 cm³/mol. The summed E-state index contributed by atoms with van der Waals surface area (Å²) in [5.74, 6) is -5.35. The molecule has 26 heteroatoms. The van der Waals surface area contributed by atoms with Crippen LogP contribution in [0.4, 0.5) is 22.7 Å². The van der Waals surface area contributed by atoms with E-state index in [1.807, 2.05) is 0 Å². The maximum absolute atomic E-state index is 14.3. The van der Waals surface area contributed by atoms with Crippen LogP contribution in [0.2, 0.25) is 0 Å². The van der Waals surface area contributed by atoms with Gasteiger partial charge in [-0.25, -0.2) is 0 Å². The van der Waals surface area contributed by atoms with Gasteiger partial charge in [0.15, 0.2) is 0 Å². The molecular weight excluding hydrogens is 1150 g/mol. The molecule has 26 nitrogen and oxygen atoms in total. The Morgan fingerprint density at radius 1 is 0.348 bits per heavy atom. The molecule has 5 rings (SSSR count). The fourth-order valence-electron chi connectivity index (χ4n) is 9.37. The van der Waals surface area contributed by atoms with Gasteiger partial charge in [-0.3, -0.25) is 43.2 Å². The summed E-state index contributed by atoms with van der Waals surface area (Å²) in [6, 6.07) is 21.4. The van der Waals surface area contributed by atoms with Gasteiger partial charge in [0.05, 0.1) is 50.7 Å². The molecule has 0 heterocycles. The van der Waals surface area contributed by atoms with Crippen LogP contribution in [0.25, 0.3) is 0 Å². The highest BCUT2D eigenvalue weighted by Gasteiger charge is 2.29. The second-order valence-corrected chi connectivity index (χ2v) is 20.6. The van der Waals surface area contributed by atoms with Crippen molar-refractivity contribution in [3.8, 4) is 23.0 Å². The predicted octanol–water partition coefficient (Wildman–Crippen LogP) is 4.28. The molecule has 18 N–H and O–H groups in total. The zero-order valence-corrected chi connectivity index (χ0v) is 50.6. The number of hydrogen-bond acceptors (Lipinski definition) is 17. The molecule has 0 aliphatic carbocycles. The van der Waals surface area contributed by atoms with E-state index >= 15 is 0 Å². The van der Waals surface area contributed by atoms with Crippen LogP contribution < -0.4 is 90.2 Å². The fourth-order valence-corrected chi connectivity index (χ4v) is 9.37. The van der Waals surface area contributed by atoms with Gasteiger partial charge in [0.2, 0.25) is 23.6 Å². The molecule has 0 aliphatic heterocycles. The van der Waals surface area contributed by atoms with Crippen LogP contribution in [0.1, 0.15) is 129 Å². The zero-order chi connectivity index (χ0) is 64.8. The van der Waals surface area contributed by atoms with Crippen molar-refractivity contribution >= 4 is 75.9 Å². The van der Waals surface area contributed by atoms with Gasteiger partial charge in [-0.1, -0.05) is 18.2 Å². The van der Waals surface area contributed by atoms with Gasteiger partial charge in [-0.15, -0.1) is 0 Å². The van der Waals surface area contributed by atoms with Gasteiger partial charge in [0, 0.05) is 28.3 Å². The summed E-state index contributed by atoms with van der Waals surface area (Å²) in [5, 5.41) is 22.2. The molecule has 0 fully saturated rings. The highest BCUT2D eigenvalue weighted by atomic mass is 16.5. The maximum Gasteiger partial charge on any atom is 0.255 e. The first-order valence-electron chi connectivity index (χ1n) is 29.3. The number of carbonyl (C=O) groups excluding carboxylic acids is 9. The minimum Gasteiger partial charge on any atom is -0.496 e. The average Bonchev–Trinajstić information content (AvgIpc) is 3.01. The monoisotopic (exact) mass is 1230 g/mol. The van der Waals surface area contributed by atoms with Crippen LogP contribution in [0.5, 0.6) is 23.0 Å². The molecule has 0 spiro atoms. The number of methoxy groups -OCH3 is 4. The fraction of sp³-hybridized carbons (Fsp3) is 0.381. The van der Waals surface area contributed by atoms with Gasteiger partial charge in [0.25, 0.3) is 29.5 Å². The Labute approximate surface area is 517 Å². The van der Waals surface area contributed by atoms with Crippen molar-refractivity contribution in [2.45, 2.75) is 101 Å². The topological polar surface area (TPSA) is 417 Å². The lowest BCUT2D eigenvalue weighted by Gasteiger charge is -2.22. The zero-order valence-electron chi connectivity index (χ0n) is 50.6. The van der Waals surface area contributed by atoms with Crippen molar-refractivity contribution in [1.29, 1.82) is 0 Å². The standard InChI is InChI=1S/C63H83N13O13/c1-86-51-26-22-39(34-43(51)55(68)77)69-61(83)48(19-9-13-31-65)74-57(79)45-36-41(24-28-53(45)88-3)71-63(85)50(21-11-15-33-67)76-59(81)46-37-42(25-29-54(46)89-4)72-62(84)49(20-10-14-32-66)75-58(80)44-35-40(23-27-52(44)87-2)70-60(82)47(18-8-12-30-64)73-56(78)38-16-6-5-7-17-38/h5-7,16-17,22-29,34-37,47-50H,8-15,18-21,30-33,64-67H2,1-4H3,(H2,68,77)(H,69,83)(H,70,82)(H,71,85)(H,72,84)(H,73,78)(H,74,79)(H,75,80)(H,76,81)/t47-,48-,49-,50-/m0/s1. The molecular formula is C63H83N13O13. The van der Waals surface area contributed by atoms with Crippen LogP contribution in [-0.4, -0.2) is 132 Å². The molecule has 0 saturated heterocycles. The molecule has 89 heavy (non-hydrogen) atoms. The van der Waals surface area contributed by atoms with Crippen LogP contribution in [0, 0.1) is 0 Å². The number of primary amides is 1. The van der Waals surface area contributed by atoms with Crippen molar-refractivity contribution in [3.63, 3.8) is 0 Å². The third-order valence-corrected chi connectivity index (χ3v) is 14.2. The van der Waals surface area contributed by atoms with E-state index in [-0.39, 0.29) is 93.7 Å².